The molecule has 1 aromatic rings. The van der Waals surface area contributed by atoms with Gasteiger partial charge in [0.2, 0.25) is 0 Å². The second kappa shape index (κ2) is 5.32. The summed E-state index contributed by atoms with van der Waals surface area (Å²) in [5.41, 5.74) is 0. The molecule has 4 heteroatoms. The van der Waals surface area contributed by atoms with Gasteiger partial charge in [-0.25, -0.2) is 0 Å². The normalized spacial score (nSPS) is 17.6. The molecule has 3 nitrogen and oxygen atoms in total. The molecule has 1 rings (SSSR count). The van der Waals surface area contributed by atoms with Crippen LogP contribution in [0.25, 0.3) is 0 Å². The zero-order valence-electron chi connectivity index (χ0n) is 8.82. The van der Waals surface area contributed by atoms with Gasteiger partial charge in [-0.15, -0.1) is 0 Å². The summed E-state index contributed by atoms with van der Waals surface area (Å²) in [6.07, 6.45) is 3.39. The standard InChI is InChI=1S/C10H17NO2S/c1-8(14(3)12)7-11-9(2)10-5-4-6-13-10/h4-6,8-9,11H,7H2,1-3H3. The van der Waals surface area contributed by atoms with Crippen molar-refractivity contribution in [2.75, 3.05) is 12.8 Å². The van der Waals surface area contributed by atoms with E-state index in [0.29, 0.717) is 0 Å². The van der Waals surface area contributed by atoms with E-state index in [9.17, 15) is 4.21 Å². The maximum absolute atomic E-state index is 11.1. The minimum Gasteiger partial charge on any atom is -0.468 e. The summed E-state index contributed by atoms with van der Waals surface area (Å²) in [6, 6.07) is 3.98. The third-order valence-electron chi connectivity index (χ3n) is 2.25. The highest BCUT2D eigenvalue weighted by molar-refractivity contribution is 7.84. The predicted molar refractivity (Wildman–Crippen MR) is 58.7 cm³/mol. The van der Waals surface area contributed by atoms with E-state index in [1.54, 1.807) is 12.5 Å². The van der Waals surface area contributed by atoms with Gasteiger partial charge in [0.05, 0.1) is 12.3 Å². The molecule has 3 unspecified atom stereocenters. The van der Waals surface area contributed by atoms with Gasteiger partial charge in [-0.05, 0) is 26.0 Å². The van der Waals surface area contributed by atoms with Gasteiger partial charge in [0.15, 0.2) is 0 Å². The summed E-state index contributed by atoms with van der Waals surface area (Å²) in [7, 11) is -0.767. The molecule has 80 valence electrons. The fourth-order valence-electron chi connectivity index (χ4n) is 1.10. The van der Waals surface area contributed by atoms with E-state index in [2.05, 4.69) is 5.32 Å². The summed E-state index contributed by atoms with van der Waals surface area (Å²) in [5.74, 6) is 0.916. The molecule has 3 atom stereocenters. The third-order valence-corrected chi connectivity index (χ3v) is 3.55. The molecule has 14 heavy (non-hydrogen) atoms. The Morgan fingerprint density at radius 2 is 2.29 bits per heavy atom. The lowest BCUT2D eigenvalue weighted by molar-refractivity contribution is 0.432. The Morgan fingerprint density at radius 3 is 2.79 bits per heavy atom. The summed E-state index contributed by atoms with van der Waals surface area (Å²) >= 11 is 0. The minimum atomic E-state index is -0.767. The van der Waals surface area contributed by atoms with Crippen LogP contribution in [0.3, 0.4) is 0 Å². The molecular formula is C10H17NO2S. The molecule has 0 saturated carbocycles. The summed E-state index contributed by atoms with van der Waals surface area (Å²) in [5, 5.41) is 3.45. The lowest BCUT2D eigenvalue weighted by atomic mass is 10.2. The molecule has 0 saturated heterocycles. The zero-order chi connectivity index (χ0) is 10.6. The molecule has 0 radical (unpaired) electrons. The van der Waals surface area contributed by atoms with Crippen molar-refractivity contribution in [3.05, 3.63) is 24.2 Å². The third kappa shape index (κ3) is 3.27. The van der Waals surface area contributed by atoms with Crippen LogP contribution >= 0.6 is 0 Å². The van der Waals surface area contributed by atoms with Crippen molar-refractivity contribution >= 4 is 10.8 Å². The van der Waals surface area contributed by atoms with Gasteiger partial charge >= 0.3 is 0 Å². The van der Waals surface area contributed by atoms with Gasteiger partial charge < -0.3 is 9.73 Å². The van der Waals surface area contributed by atoms with Crippen LogP contribution in [0.1, 0.15) is 25.6 Å². The lowest BCUT2D eigenvalue weighted by Crippen LogP contribution is -2.29. The van der Waals surface area contributed by atoms with Crippen molar-refractivity contribution in [3.8, 4) is 0 Å². The SMILES string of the molecule is CC(NCC(C)S(C)=O)c1ccco1. The monoisotopic (exact) mass is 215 g/mol. The molecule has 0 spiro atoms. The summed E-state index contributed by atoms with van der Waals surface area (Å²) in [4.78, 5) is 0. The quantitative estimate of drug-likeness (QED) is 0.813. The smallest absolute Gasteiger partial charge is 0.120 e. The number of rotatable bonds is 5. The van der Waals surface area contributed by atoms with Crippen molar-refractivity contribution in [2.45, 2.75) is 25.1 Å². The van der Waals surface area contributed by atoms with E-state index in [4.69, 9.17) is 4.42 Å². The Hall–Kier alpha value is -0.610. The van der Waals surface area contributed by atoms with Crippen molar-refractivity contribution in [3.63, 3.8) is 0 Å². The van der Waals surface area contributed by atoms with E-state index >= 15 is 0 Å². The molecular weight excluding hydrogens is 198 g/mol. The van der Waals surface area contributed by atoms with Crippen LogP contribution in [0.2, 0.25) is 0 Å². The van der Waals surface area contributed by atoms with Gasteiger partial charge in [-0.3, -0.25) is 4.21 Å². The molecule has 0 bridgehead atoms. The molecule has 1 heterocycles. The number of hydrogen-bond donors (Lipinski definition) is 1. The van der Waals surface area contributed by atoms with E-state index in [0.717, 1.165) is 12.3 Å². The maximum atomic E-state index is 11.1. The number of furan rings is 1. The van der Waals surface area contributed by atoms with Gasteiger partial charge in [0, 0.05) is 28.9 Å². The summed E-state index contributed by atoms with van der Waals surface area (Å²) < 4.78 is 16.3. The first-order valence-electron chi connectivity index (χ1n) is 4.70. The van der Waals surface area contributed by atoms with Gasteiger partial charge in [-0.1, -0.05) is 0 Å². The molecule has 0 aliphatic carbocycles. The minimum absolute atomic E-state index is 0.174. The van der Waals surface area contributed by atoms with Crippen LogP contribution in [0, 0.1) is 0 Å². The fraction of sp³-hybridized carbons (Fsp3) is 0.600. The fourth-order valence-corrected chi connectivity index (χ4v) is 1.43. The largest absolute Gasteiger partial charge is 0.468 e. The Bertz CT molecular complexity index is 284. The van der Waals surface area contributed by atoms with E-state index in [1.807, 2.05) is 26.0 Å². The van der Waals surface area contributed by atoms with Crippen LogP contribution < -0.4 is 5.32 Å². The van der Waals surface area contributed by atoms with Crippen molar-refractivity contribution in [2.24, 2.45) is 0 Å². The highest BCUT2D eigenvalue weighted by atomic mass is 32.2. The van der Waals surface area contributed by atoms with E-state index < -0.39 is 10.8 Å². The highest BCUT2D eigenvalue weighted by Crippen LogP contribution is 2.11. The first kappa shape index (κ1) is 11.5. The number of hydrogen-bond acceptors (Lipinski definition) is 3. The topological polar surface area (TPSA) is 42.2 Å². The van der Waals surface area contributed by atoms with Gasteiger partial charge in [0.25, 0.3) is 0 Å². The predicted octanol–water partition coefficient (Wildman–Crippen LogP) is 1.70. The molecule has 1 aromatic heterocycles. The van der Waals surface area contributed by atoms with Crippen LogP contribution in [0.4, 0.5) is 0 Å². The van der Waals surface area contributed by atoms with Crippen LogP contribution in [-0.4, -0.2) is 22.3 Å². The Kier molecular flexibility index (Phi) is 4.35. The average Bonchev–Trinajstić information content (AvgIpc) is 2.66. The highest BCUT2D eigenvalue weighted by Gasteiger charge is 2.11. The second-order valence-electron chi connectivity index (χ2n) is 3.45. The molecule has 0 aliphatic heterocycles. The molecule has 0 amide bonds. The molecule has 0 fully saturated rings. The molecule has 0 aromatic carbocycles. The van der Waals surface area contributed by atoms with E-state index in [1.165, 1.54) is 0 Å². The first-order chi connectivity index (χ1) is 6.61. The number of nitrogens with one attached hydrogen (secondary N) is 1. The Balaban J connectivity index is 2.35. The lowest BCUT2D eigenvalue weighted by Gasteiger charge is -2.14. The zero-order valence-corrected chi connectivity index (χ0v) is 9.64. The van der Waals surface area contributed by atoms with Crippen molar-refractivity contribution < 1.29 is 8.63 Å². The first-order valence-corrected chi connectivity index (χ1v) is 6.32. The van der Waals surface area contributed by atoms with Crippen molar-refractivity contribution in [1.29, 1.82) is 0 Å². The maximum Gasteiger partial charge on any atom is 0.120 e. The van der Waals surface area contributed by atoms with Crippen LogP contribution in [0.5, 0.6) is 0 Å². The average molecular weight is 215 g/mol. The van der Waals surface area contributed by atoms with E-state index in [-0.39, 0.29) is 11.3 Å². The summed E-state index contributed by atoms with van der Waals surface area (Å²) in [6.45, 7) is 4.74. The van der Waals surface area contributed by atoms with Crippen LogP contribution in [-0.2, 0) is 10.8 Å². The Morgan fingerprint density at radius 1 is 1.57 bits per heavy atom. The van der Waals surface area contributed by atoms with Gasteiger partial charge in [-0.2, -0.15) is 0 Å². The second-order valence-corrected chi connectivity index (χ2v) is 5.26. The van der Waals surface area contributed by atoms with Crippen LogP contribution in [0.15, 0.2) is 22.8 Å². The Labute approximate surface area is 87.3 Å². The van der Waals surface area contributed by atoms with Gasteiger partial charge in [0.1, 0.15) is 5.76 Å². The molecule has 0 aliphatic rings. The van der Waals surface area contributed by atoms with Crippen molar-refractivity contribution in [1.82, 2.24) is 5.32 Å². The molecule has 1 N–H and O–H groups in total.